The number of hydrogen-bond donors (Lipinski definition) is 2. The van der Waals surface area contributed by atoms with Crippen molar-refractivity contribution in [2.45, 2.75) is 39.2 Å². The van der Waals surface area contributed by atoms with E-state index in [0.717, 1.165) is 25.0 Å². The smallest absolute Gasteiger partial charge is 0.0624 e. The molecule has 0 spiro atoms. The molecule has 2 rings (SSSR count). The molecule has 0 aliphatic heterocycles. The quantitative estimate of drug-likeness (QED) is 0.630. The highest BCUT2D eigenvalue weighted by Gasteiger charge is 2.17. The normalized spacial score (nSPS) is 12.8. The lowest BCUT2D eigenvalue weighted by atomic mass is 10.0. The maximum atomic E-state index is 5.75. The zero-order valence-electron chi connectivity index (χ0n) is 11.8. The summed E-state index contributed by atoms with van der Waals surface area (Å²) in [5.41, 5.74) is 6.68. The van der Waals surface area contributed by atoms with Gasteiger partial charge in [0.15, 0.2) is 0 Å². The van der Waals surface area contributed by atoms with Crippen molar-refractivity contribution in [1.29, 1.82) is 0 Å². The van der Waals surface area contributed by atoms with E-state index in [1.807, 2.05) is 11.7 Å². The predicted octanol–water partition coefficient (Wildman–Crippen LogP) is 2.35. The highest BCUT2D eigenvalue weighted by molar-refractivity contribution is 7.10. The molecule has 0 aliphatic rings. The number of hydrazine groups is 1. The number of rotatable bonds is 6. The number of thiophene rings is 1. The SMILES string of the molecule is CCc1cc(CC(NN)c2sccc2CC)n(C)n1. The molecule has 0 saturated heterocycles. The molecule has 5 heteroatoms. The Labute approximate surface area is 118 Å². The highest BCUT2D eigenvalue weighted by atomic mass is 32.1. The first-order valence-electron chi connectivity index (χ1n) is 6.73. The monoisotopic (exact) mass is 278 g/mol. The Balaban J connectivity index is 2.21. The average Bonchev–Trinajstić information content (AvgIpc) is 3.02. The van der Waals surface area contributed by atoms with E-state index in [-0.39, 0.29) is 6.04 Å². The lowest BCUT2D eigenvalue weighted by Crippen LogP contribution is -2.30. The number of aromatic nitrogens is 2. The zero-order valence-corrected chi connectivity index (χ0v) is 12.6. The minimum atomic E-state index is 0.162. The van der Waals surface area contributed by atoms with Crippen LogP contribution in [0.4, 0.5) is 0 Å². The molecule has 19 heavy (non-hydrogen) atoms. The van der Waals surface area contributed by atoms with Gasteiger partial charge >= 0.3 is 0 Å². The predicted molar refractivity (Wildman–Crippen MR) is 80.1 cm³/mol. The summed E-state index contributed by atoms with van der Waals surface area (Å²) < 4.78 is 1.96. The summed E-state index contributed by atoms with van der Waals surface area (Å²) >= 11 is 1.77. The molecule has 0 saturated carbocycles. The standard InChI is InChI=1S/C14H22N4S/c1-4-10-6-7-19-14(10)13(16-15)9-12-8-11(5-2)17-18(12)3/h6-8,13,16H,4-5,9,15H2,1-3H3. The van der Waals surface area contributed by atoms with E-state index in [1.165, 1.54) is 16.1 Å². The van der Waals surface area contributed by atoms with Crippen LogP contribution in [0.1, 0.15) is 41.7 Å². The molecule has 0 fully saturated rings. The molecular formula is C14H22N4S. The van der Waals surface area contributed by atoms with Gasteiger partial charge in [-0.2, -0.15) is 5.10 Å². The third-order valence-electron chi connectivity index (χ3n) is 3.48. The van der Waals surface area contributed by atoms with Gasteiger partial charge < -0.3 is 0 Å². The summed E-state index contributed by atoms with van der Waals surface area (Å²) in [6.45, 7) is 4.30. The summed E-state index contributed by atoms with van der Waals surface area (Å²) in [5.74, 6) is 5.75. The summed E-state index contributed by atoms with van der Waals surface area (Å²) in [7, 11) is 2.00. The Morgan fingerprint density at radius 3 is 2.79 bits per heavy atom. The van der Waals surface area contributed by atoms with Crippen LogP contribution in [0, 0.1) is 0 Å². The lowest BCUT2D eigenvalue weighted by molar-refractivity contribution is 0.534. The van der Waals surface area contributed by atoms with Crippen molar-refractivity contribution in [3.05, 3.63) is 39.3 Å². The molecule has 2 aromatic heterocycles. The summed E-state index contributed by atoms with van der Waals surface area (Å²) in [4.78, 5) is 1.34. The minimum Gasteiger partial charge on any atom is -0.272 e. The van der Waals surface area contributed by atoms with Crippen LogP contribution >= 0.6 is 11.3 Å². The number of aryl methyl sites for hydroxylation is 3. The molecule has 0 bridgehead atoms. The number of nitrogens with two attached hydrogens (primary N) is 1. The van der Waals surface area contributed by atoms with Gasteiger partial charge in [-0.05, 0) is 35.9 Å². The Morgan fingerprint density at radius 1 is 1.42 bits per heavy atom. The van der Waals surface area contributed by atoms with Gasteiger partial charge in [-0.3, -0.25) is 16.0 Å². The van der Waals surface area contributed by atoms with Gasteiger partial charge in [0.05, 0.1) is 11.7 Å². The van der Waals surface area contributed by atoms with Gasteiger partial charge in [0.25, 0.3) is 0 Å². The van der Waals surface area contributed by atoms with Crippen LogP contribution in [0.15, 0.2) is 17.5 Å². The van der Waals surface area contributed by atoms with Gasteiger partial charge in [-0.25, -0.2) is 0 Å². The molecule has 2 heterocycles. The first kappa shape index (κ1) is 14.2. The van der Waals surface area contributed by atoms with E-state index in [4.69, 9.17) is 5.84 Å². The van der Waals surface area contributed by atoms with Crippen molar-refractivity contribution >= 4 is 11.3 Å². The topological polar surface area (TPSA) is 55.9 Å². The maximum Gasteiger partial charge on any atom is 0.0624 e. The second-order valence-corrected chi connectivity index (χ2v) is 5.64. The fraction of sp³-hybridized carbons (Fsp3) is 0.500. The van der Waals surface area contributed by atoms with Crippen LogP contribution in [-0.2, 0) is 26.3 Å². The molecule has 1 unspecified atom stereocenters. The minimum absolute atomic E-state index is 0.162. The van der Waals surface area contributed by atoms with E-state index < -0.39 is 0 Å². The second kappa shape index (κ2) is 6.32. The first-order valence-corrected chi connectivity index (χ1v) is 7.61. The van der Waals surface area contributed by atoms with Crippen molar-refractivity contribution in [3.8, 4) is 0 Å². The van der Waals surface area contributed by atoms with E-state index in [0.29, 0.717) is 0 Å². The Bertz CT molecular complexity index is 529. The zero-order chi connectivity index (χ0) is 13.8. The molecule has 0 aliphatic carbocycles. The molecule has 2 aromatic rings. The van der Waals surface area contributed by atoms with Crippen molar-refractivity contribution in [1.82, 2.24) is 15.2 Å². The van der Waals surface area contributed by atoms with Gasteiger partial charge in [-0.1, -0.05) is 13.8 Å². The van der Waals surface area contributed by atoms with Crippen LogP contribution in [0.5, 0.6) is 0 Å². The molecule has 104 valence electrons. The van der Waals surface area contributed by atoms with E-state index in [9.17, 15) is 0 Å². The van der Waals surface area contributed by atoms with Gasteiger partial charge in [-0.15, -0.1) is 11.3 Å². The van der Waals surface area contributed by atoms with Crippen molar-refractivity contribution in [2.75, 3.05) is 0 Å². The van der Waals surface area contributed by atoms with Gasteiger partial charge in [0.1, 0.15) is 0 Å². The third kappa shape index (κ3) is 3.05. The van der Waals surface area contributed by atoms with Crippen LogP contribution in [0.3, 0.4) is 0 Å². The van der Waals surface area contributed by atoms with Crippen molar-refractivity contribution in [3.63, 3.8) is 0 Å². The van der Waals surface area contributed by atoms with Crippen molar-refractivity contribution < 1.29 is 0 Å². The number of hydrogen-bond acceptors (Lipinski definition) is 4. The van der Waals surface area contributed by atoms with Crippen LogP contribution in [-0.4, -0.2) is 9.78 Å². The maximum absolute atomic E-state index is 5.75. The lowest BCUT2D eigenvalue weighted by Gasteiger charge is -2.16. The number of nitrogens with zero attached hydrogens (tertiary/aromatic N) is 2. The molecule has 0 aromatic carbocycles. The average molecular weight is 278 g/mol. The molecule has 0 radical (unpaired) electrons. The second-order valence-electron chi connectivity index (χ2n) is 4.69. The highest BCUT2D eigenvalue weighted by Crippen LogP contribution is 2.27. The molecular weight excluding hydrogens is 256 g/mol. The first-order chi connectivity index (χ1) is 9.19. The summed E-state index contributed by atoms with van der Waals surface area (Å²) in [6.07, 6.45) is 2.88. The largest absolute Gasteiger partial charge is 0.272 e. The molecule has 1 atom stereocenters. The van der Waals surface area contributed by atoms with E-state index in [2.05, 4.69) is 41.9 Å². The fourth-order valence-electron chi connectivity index (χ4n) is 2.32. The van der Waals surface area contributed by atoms with Crippen LogP contribution < -0.4 is 11.3 Å². The fourth-order valence-corrected chi connectivity index (χ4v) is 3.38. The Hall–Kier alpha value is -1.17. The van der Waals surface area contributed by atoms with Crippen LogP contribution in [0.25, 0.3) is 0 Å². The molecule has 0 amide bonds. The van der Waals surface area contributed by atoms with E-state index in [1.54, 1.807) is 11.3 Å². The number of nitrogens with one attached hydrogen (secondary N) is 1. The molecule has 4 nitrogen and oxygen atoms in total. The summed E-state index contributed by atoms with van der Waals surface area (Å²) in [6, 6.07) is 4.52. The Morgan fingerprint density at radius 2 is 2.21 bits per heavy atom. The van der Waals surface area contributed by atoms with E-state index >= 15 is 0 Å². The summed E-state index contributed by atoms with van der Waals surface area (Å²) in [5, 5.41) is 6.63. The van der Waals surface area contributed by atoms with Crippen LogP contribution in [0.2, 0.25) is 0 Å². The van der Waals surface area contributed by atoms with Gasteiger partial charge in [0, 0.05) is 24.0 Å². The molecule has 3 N–H and O–H groups in total. The van der Waals surface area contributed by atoms with Gasteiger partial charge in [0.2, 0.25) is 0 Å². The Kier molecular flexibility index (Phi) is 4.74. The third-order valence-corrected chi connectivity index (χ3v) is 4.55. The van der Waals surface area contributed by atoms with Crippen molar-refractivity contribution in [2.24, 2.45) is 12.9 Å².